The zero-order valence-electron chi connectivity index (χ0n) is 17.7. The number of fused-ring (bicyclic) bond motifs is 4. The zero-order chi connectivity index (χ0) is 20.4. The van der Waals surface area contributed by atoms with E-state index in [0.717, 1.165) is 0 Å². The molecule has 0 unspecified atom stereocenters. The van der Waals surface area contributed by atoms with E-state index in [1.807, 2.05) is 0 Å². The minimum atomic E-state index is -1.03. The summed E-state index contributed by atoms with van der Waals surface area (Å²) in [4.78, 5) is 0. The van der Waals surface area contributed by atoms with Crippen LogP contribution in [0.2, 0.25) is 0 Å². The van der Waals surface area contributed by atoms with Gasteiger partial charge in [0.2, 0.25) is 0 Å². The van der Waals surface area contributed by atoms with Crippen molar-refractivity contribution in [3.05, 3.63) is 97.1 Å². The van der Waals surface area contributed by atoms with Gasteiger partial charge in [0.05, 0.1) is 0 Å². The summed E-state index contributed by atoms with van der Waals surface area (Å²) in [5, 5.41) is 9.53. The Hall–Kier alpha value is -2.63. The Morgan fingerprint density at radius 1 is 0.552 bits per heavy atom. The third-order valence-electron chi connectivity index (χ3n) is 5.57. The molecule has 0 atom stereocenters. The second-order valence-corrected chi connectivity index (χ2v) is 13.9. The van der Waals surface area contributed by atoms with Gasteiger partial charge in [0, 0.05) is 0 Å². The van der Waals surface area contributed by atoms with Gasteiger partial charge in [-0.05, 0) is 44.5 Å². The van der Waals surface area contributed by atoms with Crippen LogP contribution in [-0.4, -0.2) is 27.8 Å². The number of hydrogen-bond acceptors (Lipinski definition) is 0. The minimum absolute atomic E-state index is 1.03. The van der Waals surface area contributed by atoms with Crippen molar-refractivity contribution in [3.63, 3.8) is 0 Å². The molecule has 0 saturated heterocycles. The van der Waals surface area contributed by atoms with Crippen LogP contribution in [0.3, 0.4) is 0 Å². The van der Waals surface area contributed by atoms with Crippen molar-refractivity contribution in [3.8, 4) is 0 Å². The Bertz CT molecular complexity index is 1280. The summed E-state index contributed by atoms with van der Waals surface area (Å²) in [6.45, 7) is 7.09. The molecule has 0 aromatic heterocycles. The van der Waals surface area contributed by atoms with Gasteiger partial charge in [0.15, 0.2) is 0 Å². The van der Waals surface area contributed by atoms with Crippen LogP contribution in [0.5, 0.6) is 0 Å². The summed E-state index contributed by atoms with van der Waals surface area (Å²) in [5.74, 6) is 0. The van der Waals surface area contributed by atoms with E-state index in [-0.39, 0.29) is 0 Å². The summed E-state index contributed by atoms with van der Waals surface area (Å²) in [6.07, 6.45) is 0. The molecular formula is C27H28BP. The molecule has 0 spiro atoms. The van der Waals surface area contributed by atoms with Gasteiger partial charge in [0.1, 0.15) is 7.85 Å². The van der Waals surface area contributed by atoms with Gasteiger partial charge in [-0.1, -0.05) is 60.1 Å². The van der Waals surface area contributed by atoms with E-state index in [9.17, 15) is 0 Å². The molecule has 144 valence electrons. The van der Waals surface area contributed by atoms with Crippen LogP contribution >= 0.6 is 7.26 Å². The van der Waals surface area contributed by atoms with Crippen LogP contribution in [0, 0.1) is 0 Å². The standard InChI is InChI=1S/C18H13B.C9H15P/c19-17-7-3-6-12-8-9-15-10-13-4-1-2-5-14(13)11-16(15)18(12)17;1-10(2,3)9-7-5-4-6-8-9/h1-11H,19H2;4-8,10H,1-3H3. The first kappa shape index (κ1) is 19.7. The summed E-state index contributed by atoms with van der Waals surface area (Å²) in [6, 6.07) is 34.9. The van der Waals surface area contributed by atoms with E-state index in [1.165, 1.54) is 43.1 Å². The van der Waals surface area contributed by atoms with Crippen LogP contribution in [0.15, 0.2) is 97.1 Å². The molecule has 5 rings (SSSR count). The molecule has 0 N–H and O–H groups in total. The molecule has 0 bridgehead atoms. The van der Waals surface area contributed by atoms with Crippen molar-refractivity contribution in [2.75, 3.05) is 20.0 Å². The van der Waals surface area contributed by atoms with Crippen molar-refractivity contribution in [1.29, 1.82) is 0 Å². The number of hydrogen-bond donors (Lipinski definition) is 0. The van der Waals surface area contributed by atoms with Crippen molar-refractivity contribution in [2.24, 2.45) is 0 Å². The van der Waals surface area contributed by atoms with Gasteiger partial charge in [-0.3, -0.25) is 0 Å². The van der Waals surface area contributed by atoms with Crippen molar-refractivity contribution >= 4 is 58.2 Å². The van der Waals surface area contributed by atoms with Crippen LogP contribution < -0.4 is 10.8 Å². The second-order valence-electron chi connectivity index (χ2n) is 8.78. The molecule has 0 amide bonds. The molecule has 0 aliphatic rings. The SMILES string of the molecule is Bc1cccc2ccc3cc4ccccc4cc3c12.C[PH](C)(C)c1ccccc1. The van der Waals surface area contributed by atoms with Gasteiger partial charge in [-0.25, -0.2) is 0 Å². The molecule has 2 heteroatoms. The molecule has 0 aliphatic carbocycles. The van der Waals surface area contributed by atoms with Crippen LogP contribution in [-0.2, 0) is 0 Å². The first-order valence-electron chi connectivity index (χ1n) is 10.3. The normalized spacial score (nSPS) is 12.0. The Kier molecular flexibility index (Phi) is 5.44. The topological polar surface area (TPSA) is 0 Å². The summed E-state index contributed by atoms with van der Waals surface area (Å²) in [5.41, 5.74) is 1.35. The summed E-state index contributed by atoms with van der Waals surface area (Å²) < 4.78 is 0. The molecule has 5 aromatic rings. The second kappa shape index (κ2) is 8.01. The Labute approximate surface area is 175 Å². The Morgan fingerprint density at radius 3 is 1.79 bits per heavy atom. The van der Waals surface area contributed by atoms with Crippen LogP contribution in [0.4, 0.5) is 0 Å². The van der Waals surface area contributed by atoms with Gasteiger partial charge in [0.25, 0.3) is 0 Å². The first-order valence-corrected chi connectivity index (χ1v) is 13.8. The molecule has 5 aromatic carbocycles. The Morgan fingerprint density at radius 2 is 1.14 bits per heavy atom. The van der Waals surface area contributed by atoms with E-state index >= 15 is 0 Å². The summed E-state index contributed by atoms with van der Waals surface area (Å²) in [7, 11) is 1.16. The predicted molar refractivity (Wildman–Crippen MR) is 139 cm³/mol. The third-order valence-corrected chi connectivity index (χ3v) is 7.64. The summed E-state index contributed by atoms with van der Waals surface area (Å²) >= 11 is 0. The molecule has 0 nitrogen and oxygen atoms in total. The molecule has 0 fully saturated rings. The van der Waals surface area contributed by atoms with Crippen molar-refractivity contribution in [1.82, 2.24) is 0 Å². The van der Waals surface area contributed by atoms with Crippen LogP contribution in [0.25, 0.3) is 32.3 Å². The number of rotatable bonds is 1. The maximum atomic E-state index is 2.36. The van der Waals surface area contributed by atoms with E-state index < -0.39 is 7.26 Å². The van der Waals surface area contributed by atoms with E-state index in [4.69, 9.17) is 0 Å². The maximum absolute atomic E-state index is 2.36. The average Bonchev–Trinajstić information content (AvgIpc) is 2.73. The number of benzene rings is 5. The van der Waals surface area contributed by atoms with Gasteiger partial charge >= 0.3 is 62.9 Å². The average molecular weight is 394 g/mol. The molecule has 0 radical (unpaired) electrons. The molecule has 0 heterocycles. The van der Waals surface area contributed by atoms with E-state index in [1.54, 1.807) is 0 Å². The fourth-order valence-electron chi connectivity index (χ4n) is 3.93. The van der Waals surface area contributed by atoms with E-state index in [0.29, 0.717) is 0 Å². The molecular weight excluding hydrogens is 366 g/mol. The first-order chi connectivity index (χ1) is 13.9. The predicted octanol–water partition coefficient (Wildman–Crippen LogP) is 5.36. The Balaban J connectivity index is 0.000000174. The monoisotopic (exact) mass is 394 g/mol. The molecule has 0 aliphatic heterocycles. The van der Waals surface area contributed by atoms with Gasteiger partial charge < -0.3 is 0 Å². The van der Waals surface area contributed by atoms with E-state index in [2.05, 4.69) is 125 Å². The van der Waals surface area contributed by atoms with Crippen LogP contribution in [0.1, 0.15) is 0 Å². The van der Waals surface area contributed by atoms with Gasteiger partial charge in [-0.2, -0.15) is 0 Å². The van der Waals surface area contributed by atoms with Crippen molar-refractivity contribution < 1.29 is 0 Å². The molecule has 0 saturated carbocycles. The van der Waals surface area contributed by atoms with Crippen molar-refractivity contribution in [2.45, 2.75) is 0 Å². The fraction of sp³-hybridized carbons (Fsp3) is 0.111. The molecule has 29 heavy (non-hydrogen) atoms. The third kappa shape index (κ3) is 4.21. The van der Waals surface area contributed by atoms with Gasteiger partial charge in [-0.15, -0.1) is 0 Å². The quantitative estimate of drug-likeness (QED) is 0.156. The zero-order valence-corrected chi connectivity index (χ0v) is 18.7. The fourth-order valence-corrected chi connectivity index (χ4v) is 5.12.